The maximum absolute atomic E-state index is 2.67. The number of para-hydroxylation sites is 4. The summed E-state index contributed by atoms with van der Waals surface area (Å²) in [6.07, 6.45) is 7.95. The van der Waals surface area contributed by atoms with Crippen molar-refractivity contribution in [2.75, 3.05) is 4.90 Å². The first-order valence-corrected chi connectivity index (χ1v) is 19.3. The molecule has 0 saturated heterocycles. The molecule has 2 unspecified atom stereocenters. The van der Waals surface area contributed by atoms with E-state index in [-0.39, 0.29) is 5.41 Å². The number of fused-ring (bicyclic) bond motifs is 14. The predicted octanol–water partition coefficient (Wildman–Crippen LogP) is 12.6. The molecule has 2 nitrogen and oxygen atoms in total. The zero-order chi connectivity index (χ0) is 35.8. The van der Waals surface area contributed by atoms with Crippen LogP contribution < -0.4 is 4.90 Å². The topological polar surface area (TPSA) is 8.17 Å². The second-order valence-corrected chi connectivity index (χ2v) is 16.0. The van der Waals surface area contributed by atoms with Crippen LogP contribution in [0.1, 0.15) is 59.2 Å². The molecule has 1 spiro atoms. The van der Waals surface area contributed by atoms with Crippen LogP contribution in [-0.2, 0) is 10.8 Å². The highest BCUT2D eigenvalue weighted by atomic mass is 15.2. The minimum absolute atomic E-state index is 0.259. The van der Waals surface area contributed by atoms with E-state index in [9.17, 15) is 0 Å². The van der Waals surface area contributed by atoms with E-state index in [0.717, 1.165) is 6.42 Å². The Balaban J connectivity index is 1.19. The second kappa shape index (κ2) is 10.6. The minimum atomic E-state index is -0.495. The molecule has 2 aliphatic heterocycles. The summed E-state index contributed by atoms with van der Waals surface area (Å²) >= 11 is 0. The van der Waals surface area contributed by atoms with Crippen LogP contribution in [0.5, 0.6) is 0 Å². The summed E-state index contributed by atoms with van der Waals surface area (Å²) in [7, 11) is 0. The van der Waals surface area contributed by atoms with E-state index in [0.29, 0.717) is 6.04 Å². The van der Waals surface area contributed by atoms with Crippen LogP contribution in [0.2, 0.25) is 0 Å². The number of hydrogen-bond acceptors (Lipinski definition) is 1. The second-order valence-electron chi connectivity index (χ2n) is 16.0. The first kappa shape index (κ1) is 30.1. The van der Waals surface area contributed by atoms with Crippen LogP contribution in [0, 0.1) is 0 Å². The van der Waals surface area contributed by atoms with Crippen molar-refractivity contribution < 1.29 is 0 Å². The van der Waals surface area contributed by atoms with Crippen LogP contribution >= 0.6 is 0 Å². The lowest BCUT2D eigenvalue weighted by molar-refractivity contribution is 0.556. The Hall–Kier alpha value is -6.38. The molecule has 54 heavy (non-hydrogen) atoms. The lowest BCUT2D eigenvalue weighted by atomic mass is 9.52. The molecule has 0 bridgehead atoms. The summed E-state index contributed by atoms with van der Waals surface area (Å²) in [5, 5.41) is 2.55. The van der Waals surface area contributed by atoms with Gasteiger partial charge in [-0.2, -0.15) is 0 Å². The Bertz CT molecular complexity index is 2960. The first-order chi connectivity index (χ1) is 26.6. The van der Waals surface area contributed by atoms with Crippen molar-refractivity contribution in [1.82, 2.24) is 4.57 Å². The molecule has 0 amide bonds. The fourth-order valence-corrected chi connectivity index (χ4v) is 11.0. The van der Waals surface area contributed by atoms with Crippen LogP contribution in [0.15, 0.2) is 176 Å². The van der Waals surface area contributed by atoms with Gasteiger partial charge in [0, 0.05) is 33.1 Å². The average molecular weight is 691 g/mol. The molecule has 0 N–H and O–H groups in total. The van der Waals surface area contributed by atoms with Gasteiger partial charge in [0.2, 0.25) is 0 Å². The van der Waals surface area contributed by atoms with Gasteiger partial charge < -0.3 is 9.47 Å². The molecule has 8 aromatic rings. The van der Waals surface area contributed by atoms with E-state index < -0.39 is 5.41 Å². The quantitative estimate of drug-likeness (QED) is 0.175. The van der Waals surface area contributed by atoms with E-state index >= 15 is 0 Å². The maximum Gasteiger partial charge on any atom is 0.0748 e. The molecule has 4 aliphatic rings. The van der Waals surface area contributed by atoms with Crippen molar-refractivity contribution in [3.05, 3.63) is 215 Å². The number of allylic oxidation sites excluding steroid dienone is 2. The Kier molecular flexibility index (Phi) is 5.92. The van der Waals surface area contributed by atoms with E-state index in [1.165, 1.54) is 94.5 Å². The van der Waals surface area contributed by atoms with Gasteiger partial charge in [-0.1, -0.05) is 153 Å². The highest BCUT2D eigenvalue weighted by Crippen LogP contribution is 2.66. The van der Waals surface area contributed by atoms with Crippen molar-refractivity contribution in [2.45, 2.75) is 37.1 Å². The zero-order valence-corrected chi connectivity index (χ0v) is 30.4. The molecule has 2 aliphatic carbocycles. The van der Waals surface area contributed by atoms with Crippen LogP contribution in [0.25, 0.3) is 44.2 Å². The minimum Gasteiger partial charge on any atom is -0.332 e. The number of aromatic nitrogens is 1. The van der Waals surface area contributed by atoms with Gasteiger partial charge in [-0.3, -0.25) is 0 Å². The fourth-order valence-electron chi connectivity index (χ4n) is 11.0. The third-order valence-electron chi connectivity index (χ3n) is 13.1. The predicted molar refractivity (Wildman–Crippen MR) is 224 cm³/mol. The fraction of sp³-hybridized carbons (Fsp3) is 0.115. The summed E-state index contributed by atoms with van der Waals surface area (Å²) in [4.78, 5) is 2.67. The number of anilines is 2. The molecule has 2 atom stereocenters. The summed E-state index contributed by atoms with van der Waals surface area (Å²) in [6.45, 7) is 4.89. The van der Waals surface area contributed by atoms with Crippen molar-refractivity contribution in [2.24, 2.45) is 0 Å². The van der Waals surface area contributed by atoms with Crippen LogP contribution in [0.4, 0.5) is 11.4 Å². The molecule has 12 rings (SSSR count). The molecule has 3 heterocycles. The van der Waals surface area contributed by atoms with Crippen molar-refractivity contribution in [3.8, 4) is 16.8 Å². The van der Waals surface area contributed by atoms with Crippen molar-refractivity contribution >= 4 is 38.8 Å². The van der Waals surface area contributed by atoms with Crippen molar-refractivity contribution in [1.29, 1.82) is 0 Å². The number of hydrogen-bond donors (Lipinski definition) is 0. The van der Waals surface area contributed by atoms with Gasteiger partial charge in [0.25, 0.3) is 0 Å². The Morgan fingerprint density at radius 3 is 2.11 bits per heavy atom. The summed E-state index contributed by atoms with van der Waals surface area (Å²) in [5.74, 6) is 0. The van der Waals surface area contributed by atoms with Gasteiger partial charge in [-0.25, -0.2) is 0 Å². The van der Waals surface area contributed by atoms with E-state index in [2.05, 4.69) is 199 Å². The largest absolute Gasteiger partial charge is 0.332 e. The molecular weight excluding hydrogens is 653 g/mol. The molecule has 0 radical (unpaired) electrons. The van der Waals surface area contributed by atoms with Gasteiger partial charge in [0.15, 0.2) is 0 Å². The molecule has 0 fully saturated rings. The Morgan fingerprint density at radius 1 is 0.556 bits per heavy atom. The van der Waals surface area contributed by atoms with Crippen LogP contribution in [-0.4, -0.2) is 10.6 Å². The Labute approximate surface area is 316 Å². The standard InChI is InChI=1S/C52H38N2/c1-51(2)40-22-8-9-23-41(40)52(42-24-10-13-29-48(42)54-46-28-12-6-18-36(46)38-21-15-26-44(52)50(38)54)43-25-14-20-35(49(43)51)33-30-31-47-39(32-33)37-19-7-11-27-45(37)53(47)34-16-4-3-5-17-34/h3-27,29-32,46H,28H2,1-2H3. The van der Waals surface area contributed by atoms with Gasteiger partial charge >= 0.3 is 0 Å². The molecule has 1 aromatic heterocycles. The SMILES string of the molecule is CC1(C)c2ccccc2C2(c3ccccc3N3c4c(cccc42)C2=CC=CCC23)c2cccc(-c3ccc4c(c3)c3ccccc3n4-c3ccccc3)c21. The number of benzene rings is 7. The number of nitrogens with zero attached hydrogens (tertiary/aromatic N) is 2. The van der Waals surface area contributed by atoms with Crippen molar-refractivity contribution in [3.63, 3.8) is 0 Å². The normalized spacial score (nSPS) is 19.6. The average Bonchev–Trinajstić information content (AvgIpc) is 3.75. The third-order valence-corrected chi connectivity index (χ3v) is 13.1. The van der Waals surface area contributed by atoms with E-state index in [1.54, 1.807) is 0 Å². The van der Waals surface area contributed by atoms with E-state index in [4.69, 9.17) is 0 Å². The smallest absolute Gasteiger partial charge is 0.0748 e. The number of rotatable bonds is 2. The van der Waals surface area contributed by atoms with Gasteiger partial charge in [0.05, 0.1) is 28.2 Å². The molecule has 7 aromatic carbocycles. The van der Waals surface area contributed by atoms with E-state index in [1.807, 2.05) is 0 Å². The first-order valence-electron chi connectivity index (χ1n) is 19.3. The molecule has 2 heteroatoms. The van der Waals surface area contributed by atoms with Gasteiger partial charge in [0.1, 0.15) is 0 Å². The zero-order valence-electron chi connectivity index (χ0n) is 30.4. The lowest BCUT2D eigenvalue weighted by Crippen LogP contribution is -2.46. The summed E-state index contributed by atoms with van der Waals surface area (Å²) in [5.41, 5.74) is 19.3. The lowest BCUT2D eigenvalue weighted by Gasteiger charge is -2.52. The third kappa shape index (κ3) is 3.61. The highest BCUT2D eigenvalue weighted by Gasteiger charge is 2.56. The van der Waals surface area contributed by atoms with Crippen LogP contribution in [0.3, 0.4) is 0 Å². The Morgan fingerprint density at radius 2 is 1.24 bits per heavy atom. The summed E-state index contributed by atoms with van der Waals surface area (Å²) in [6, 6.07) is 59.9. The monoisotopic (exact) mass is 690 g/mol. The maximum atomic E-state index is 2.67. The highest BCUT2D eigenvalue weighted by molar-refractivity contribution is 6.10. The molecule has 0 saturated carbocycles. The molecular formula is C52H38N2. The van der Waals surface area contributed by atoms with Gasteiger partial charge in [-0.15, -0.1) is 0 Å². The molecule has 256 valence electrons. The summed E-state index contributed by atoms with van der Waals surface area (Å²) < 4.78 is 2.41. The van der Waals surface area contributed by atoms with Gasteiger partial charge in [-0.05, 0) is 92.9 Å².